The Balaban J connectivity index is 1.32. The van der Waals surface area contributed by atoms with Crippen LogP contribution in [0.25, 0.3) is 0 Å². The zero-order valence-electron chi connectivity index (χ0n) is 17.1. The number of H-pyrrole nitrogens is 1. The quantitative estimate of drug-likeness (QED) is 0.894. The first kappa shape index (κ1) is 18.1. The minimum Gasteiger partial charge on any atom is -0.363 e. The van der Waals surface area contributed by atoms with Crippen LogP contribution in [-0.2, 0) is 19.4 Å². The minimum absolute atomic E-state index is 0.194. The van der Waals surface area contributed by atoms with Gasteiger partial charge in [-0.2, -0.15) is 0 Å². The van der Waals surface area contributed by atoms with Crippen LogP contribution in [0.4, 0.5) is 0 Å². The second-order valence-corrected chi connectivity index (χ2v) is 9.22. The number of hydrogen-bond acceptors (Lipinski definition) is 3. The smallest absolute Gasteiger partial charge is 0.187 e. The van der Waals surface area contributed by atoms with E-state index in [0.717, 1.165) is 35.8 Å². The van der Waals surface area contributed by atoms with Crippen LogP contribution in [0.2, 0.25) is 0 Å². The monoisotopic (exact) mass is 377 g/mol. The topological polar surface area (TPSA) is 39.3 Å². The third-order valence-electron chi connectivity index (χ3n) is 7.38. The van der Waals surface area contributed by atoms with E-state index in [4.69, 9.17) is 0 Å². The van der Waals surface area contributed by atoms with Gasteiger partial charge in [-0.15, -0.1) is 0 Å². The molecule has 0 unspecified atom stereocenters. The predicted octanol–water partition coefficient (Wildman–Crippen LogP) is 3.06. The summed E-state index contributed by atoms with van der Waals surface area (Å²) in [4.78, 5) is 21.2. The second kappa shape index (κ2) is 7.16. The molecular formula is C24H31N3O. The van der Waals surface area contributed by atoms with Gasteiger partial charge in [0.1, 0.15) is 0 Å². The van der Waals surface area contributed by atoms with Crippen molar-refractivity contribution in [1.82, 2.24) is 14.8 Å². The molecule has 0 amide bonds. The number of aryl methyl sites for hydroxylation is 1. The maximum absolute atomic E-state index is 12.3. The molecular weight excluding hydrogens is 346 g/mol. The number of rotatable bonds is 3. The highest BCUT2D eigenvalue weighted by molar-refractivity contribution is 5.33. The van der Waals surface area contributed by atoms with E-state index >= 15 is 0 Å². The summed E-state index contributed by atoms with van der Waals surface area (Å²) >= 11 is 0. The number of aromatic amines is 1. The van der Waals surface area contributed by atoms with Crippen molar-refractivity contribution in [2.75, 3.05) is 19.6 Å². The first-order valence-corrected chi connectivity index (χ1v) is 10.8. The van der Waals surface area contributed by atoms with Crippen LogP contribution >= 0.6 is 0 Å². The number of hydrogen-bond donors (Lipinski definition) is 1. The summed E-state index contributed by atoms with van der Waals surface area (Å²) in [6.45, 7) is 8.30. The van der Waals surface area contributed by atoms with Crippen molar-refractivity contribution < 1.29 is 0 Å². The van der Waals surface area contributed by atoms with Crippen molar-refractivity contribution in [2.24, 2.45) is 5.92 Å². The minimum atomic E-state index is 0.194. The van der Waals surface area contributed by atoms with Crippen LogP contribution in [0.15, 0.2) is 35.3 Å². The molecule has 1 aliphatic carbocycles. The summed E-state index contributed by atoms with van der Waals surface area (Å²) in [5.74, 6) is 0.750. The highest BCUT2D eigenvalue weighted by Gasteiger charge is 2.38. The number of piperidine rings is 1. The largest absolute Gasteiger partial charge is 0.363 e. The molecule has 4 aliphatic rings. The summed E-state index contributed by atoms with van der Waals surface area (Å²) in [5.41, 5.74) is 6.10. The number of aromatic nitrogens is 1. The predicted molar refractivity (Wildman–Crippen MR) is 113 cm³/mol. The van der Waals surface area contributed by atoms with E-state index < -0.39 is 0 Å². The Bertz CT molecular complexity index is 909. The van der Waals surface area contributed by atoms with Gasteiger partial charge in [-0.25, -0.2) is 0 Å². The first-order chi connectivity index (χ1) is 13.6. The third-order valence-corrected chi connectivity index (χ3v) is 7.38. The van der Waals surface area contributed by atoms with Crippen molar-refractivity contribution in [3.63, 3.8) is 0 Å². The molecule has 28 heavy (non-hydrogen) atoms. The molecule has 2 atom stereocenters. The van der Waals surface area contributed by atoms with Crippen LogP contribution in [-0.4, -0.2) is 46.5 Å². The van der Waals surface area contributed by atoms with Gasteiger partial charge in [0.15, 0.2) is 5.43 Å². The van der Waals surface area contributed by atoms with Crippen LogP contribution < -0.4 is 5.43 Å². The molecule has 0 radical (unpaired) electrons. The maximum atomic E-state index is 12.3. The fraction of sp³-hybridized carbons (Fsp3) is 0.542. The van der Waals surface area contributed by atoms with E-state index in [9.17, 15) is 4.79 Å². The molecule has 3 saturated heterocycles. The van der Waals surface area contributed by atoms with Crippen molar-refractivity contribution in [3.8, 4) is 0 Å². The Morgan fingerprint density at radius 2 is 1.75 bits per heavy atom. The Labute approximate surface area is 167 Å². The molecule has 0 spiro atoms. The van der Waals surface area contributed by atoms with Crippen molar-refractivity contribution in [2.45, 2.75) is 58.2 Å². The van der Waals surface area contributed by atoms with E-state index in [1.54, 1.807) is 11.1 Å². The van der Waals surface area contributed by atoms with Crippen LogP contribution in [0.1, 0.15) is 40.8 Å². The summed E-state index contributed by atoms with van der Waals surface area (Å²) in [6.07, 6.45) is 6.93. The summed E-state index contributed by atoms with van der Waals surface area (Å²) in [7, 11) is 0. The number of nitrogens with one attached hydrogen (secondary N) is 1. The second-order valence-electron chi connectivity index (χ2n) is 9.22. The molecule has 6 rings (SSSR count). The van der Waals surface area contributed by atoms with Crippen LogP contribution in [0.5, 0.6) is 0 Å². The lowest BCUT2D eigenvalue weighted by Crippen LogP contribution is -2.45. The van der Waals surface area contributed by atoms with Gasteiger partial charge in [-0.3, -0.25) is 14.6 Å². The Morgan fingerprint density at radius 1 is 1.00 bits per heavy atom. The first-order valence-electron chi connectivity index (χ1n) is 10.8. The molecule has 4 heterocycles. The van der Waals surface area contributed by atoms with Gasteiger partial charge in [0.2, 0.25) is 0 Å². The number of benzene rings is 1. The number of fused-ring (bicyclic) bond motifs is 5. The van der Waals surface area contributed by atoms with Crippen LogP contribution in [0.3, 0.4) is 0 Å². The SMILES string of the molecule is Cc1c[nH]c(CN2C[C@H]3CC[C@@H]2CN(C2Cc4ccccc4C2)C3)c(C)c1=O. The molecule has 1 aromatic heterocycles. The average molecular weight is 378 g/mol. The molecule has 3 aliphatic heterocycles. The van der Waals surface area contributed by atoms with E-state index in [1.807, 2.05) is 20.0 Å². The lowest BCUT2D eigenvalue weighted by atomic mass is 9.94. The van der Waals surface area contributed by atoms with Crippen molar-refractivity contribution in [3.05, 3.63) is 68.6 Å². The normalized spacial score (nSPS) is 25.8. The fourth-order valence-corrected chi connectivity index (χ4v) is 5.67. The third kappa shape index (κ3) is 3.23. The highest BCUT2D eigenvalue weighted by atomic mass is 16.1. The van der Waals surface area contributed by atoms with Gasteiger partial charge >= 0.3 is 0 Å². The zero-order valence-corrected chi connectivity index (χ0v) is 17.1. The Hall–Kier alpha value is -1.91. The van der Waals surface area contributed by atoms with Gasteiger partial charge in [0, 0.05) is 61.3 Å². The standard InChI is InChI=1S/C24H31N3O/c1-16-11-25-23(17(2)24(16)28)15-27-13-18-7-8-21(27)14-26(12-18)22-9-19-5-3-4-6-20(19)10-22/h3-6,11,18,21-22H,7-10,12-15H2,1-2H3,(H,25,28)/t18-,21+/m0/s1. The van der Waals surface area contributed by atoms with Gasteiger partial charge in [0.05, 0.1) is 0 Å². The molecule has 4 heteroatoms. The zero-order chi connectivity index (χ0) is 19.3. The van der Waals surface area contributed by atoms with E-state index in [1.165, 1.54) is 38.8 Å². The highest BCUT2D eigenvalue weighted by Crippen LogP contribution is 2.33. The average Bonchev–Trinajstić information content (AvgIpc) is 2.93. The van der Waals surface area contributed by atoms with Gasteiger partial charge in [0.25, 0.3) is 0 Å². The molecule has 2 aromatic rings. The molecule has 4 nitrogen and oxygen atoms in total. The van der Waals surface area contributed by atoms with Gasteiger partial charge < -0.3 is 4.98 Å². The van der Waals surface area contributed by atoms with Crippen molar-refractivity contribution >= 4 is 0 Å². The van der Waals surface area contributed by atoms with Gasteiger partial charge in [-0.1, -0.05) is 24.3 Å². The Morgan fingerprint density at radius 3 is 2.50 bits per heavy atom. The maximum Gasteiger partial charge on any atom is 0.187 e. The molecule has 3 fully saturated rings. The summed E-state index contributed by atoms with van der Waals surface area (Å²) in [6, 6.07) is 10.3. The van der Waals surface area contributed by atoms with Crippen molar-refractivity contribution in [1.29, 1.82) is 0 Å². The molecule has 2 bridgehead atoms. The molecule has 148 valence electrons. The lowest BCUT2D eigenvalue weighted by Gasteiger charge is -2.36. The van der Waals surface area contributed by atoms with E-state index in [2.05, 4.69) is 39.0 Å². The van der Waals surface area contributed by atoms with E-state index in [0.29, 0.717) is 12.1 Å². The number of nitrogens with zero attached hydrogens (tertiary/aromatic N) is 2. The van der Waals surface area contributed by atoms with Gasteiger partial charge in [-0.05, 0) is 56.6 Å². The molecule has 1 N–H and O–H groups in total. The summed E-state index contributed by atoms with van der Waals surface area (Å²) in [5, 5.41) is 0. The Kier molecular flexibility index (Phi) is 4.64. The summed E-state index contributed by atoms with van der Waals surface area (Å²) < 4.78 is 0. The lowest BCUT2D eigenvalue weighted by molar-refractivity contribution is 0.118. The number of pyridine rings is 1. The molecule has 0 saturated carbocycles. The fourth-order valence-electron chi connectivity index (χ4n) is 5.67. The molecule has 1 aromatic carbocycles. The van der Waals surface area contributed by atoms with E-state index in [-0.39, 0.29) is 5.43 Å². The van der Waals surface area contributed by atoms with Crippen LogP contribution in [0, 0.1) is 19.8 Å².